The second-order valence-electron chi connectivity index (χ2n) is 10.1. The molecule has 0 amide bonds. The van der Waals surface area contributed by atoms with E-state index in [2.05, 4.69) is 10.6 Å². The molecule has 0 radical (unpaired) electrons. The minimum absolute atomic E-state index is 0.0552. The van der Waals surface area contributed by atoms with Crippen molar-refractivity contribution in [3.05, 3.63) is 117 Å². The summed E-state index contributed by atoms with van der Waals surface area (Å²) in [5, 5.41) is 15.6. The molecule has 0 bridgehead atoms. The first-order valence-electron chi connectivity index (χ1n) is 13.4. The van der Waals surface area contributed by atoms with Gasteiger partial charge in [0.05, 0.1) is 42.9 Å². The molecule has 2 atom stereocenters. The Labute approximate surface area is 244 Å². The standard InChI is InChI=1S/C32H27F5N4O2/c1-18-21(16-22-23(32(35,36)37)11-7-12-24(22)33)30-40-17-25(29(39-15-14-38)19-8-4-3-5-9-19)41(30)31(42)27(18)20-10-6-13-26(43-2)28(20)34/h3-13,25,29,39-40H,15-17H2,1-2H3. The van der Waals surface area contributed by atoms with E-state index in [-0.39, 0.29) is 46.9 Å². The fraction of sp³-hybridized carbons (Fsp3) is 0.250. The average molecular weight is 595 g/mol. The Kier molecular flexibility index (Phi) is 8.24. The minimum Gasteiger partial charge on any atom is -0.494 e. The zero-order chi connectivity index (χ0) is 30.9. The molecule has 0 fully saturated rings. The van der Waals surface area contributed by atoms with Crippen molar-refractivity contribution in [2.75, 3.05) is 25.5 Å². The van der Waals surface area contributed by atoms with Crippen LogP contribution in [0.2, 0.25) is 0 Å². The number of methoxy groups -OCH3 is 1. The Morgan fingerprint density at radius 1 is 1.07 bits per heavy atom. The molecule has 5 rings (SSSR count). The lowest BCUT2D eigenvalue weighted by Crippen LogP contribution is -2.35. The summed E-state index contributed by atoms with van der Waals surface area (Å²) in [5.41, 5.74) is -1.34. The first-order valence-corrected chi connectivity index (χ1v) is 13.4. The lowest BCUT2D eigenvalue weighted by Gasteiger charge is -2.27. The van der Waals surface area contributed by atoms with Gasteiger partial charge in [-0.05, 0) is 36.2 Å². The van der Waals surface area contributed by atoms with Crippen LogP contribution in [0.15, 0.2) is 71.5 Å². The number of nitriles is 1. The Morgan fingerprint density at radius 2 is 1.79 bits per heavy atom. The van der Waals surface area contributed by atoms with Crippen LogP contribution in [0.4, 0.5) is 27.8 Å². The Balaban J connectivity index is 1.80. The lowest BCUT2D eigenvalue weighted by molar-refractivity contribution is -0.138. The number of anilines is 1. The molecule has 3 aromatic carbocycles. The summed E-state index contributed by atoms with van der Waals surface area (Å²) in [6, 6.07) is 16.9. The van der Waals surface area contributed by atoms with Gasteiger partial charge in [0.2, 0.25) is 0 Å². The van der Waals surface area contributed by atoms with E-state index in [1.807, 2.05) is 24.3 Å². The molecule has 0 saturated heterocycles. The SMILES string of the molecule is COc1cccc(-c2c(C)c(Cc3c(F)cccc3C(F)(F)F)c3n(c2=O)C(C(NCC#N)c2ccccc2)CN3)c1F. The molecule has 11 heteroatoms. The van der Waals surface area contributed by atoms with E-state index in [9.17, 15) is 23.2 Å². The monoisotopic (exact) mass is 594 g/mol. The maximum atomic E-state index is 15.7. The third-order valence-electron chi connectivity index (χ3n) is 7.77. The van der Waals surface area contributed by atoms with Gasteiger partial charge in [-0.15, -0.1) is 0 Å². The number of hydrogen-bond acceptors (Lipinski definition) is 5. The number of halogens is 5. The predicted octanol–water partition coefficient (Wildman–Crippen LogP) is 6.54. The van der Waals surface area contributed by atoms with Crippen molar-refractivity contribution in [1.29, 1.82) is 5.26 Å². The highest BCUT2D eigenvalue weighted by molar-refractivity contribution is 5.74. The van der Waals surface area contributed by atoms with Gasteiger partial charge in [-0.1, -0.05) is 48.5 Å². The number of ether oxygens (including phenoxy) is 1. The minimum atomic E-state index is -4.84. The Hall–Kier alpha value is -4.69. The average Bonchev–Trinajstić information content (AvgIpc) is 3.42. The van der Waals surface area contributed by atoms with Crippen LogP contribution in [0.3, 0.4) is 0 Å². The van der Waals surface area contributed by atoms with Crippen LogP contribution in [0.5, 0.6) is 5.75 Å². The van der Waals surface area contributed by atoms with Gasteiger partial charge in [-0.3, -0.25) is 14.7 Å². The van der Waals surface area contributed by atoms with Gasteiger partial charge in [-0.25, -0.2) is 8.78 Å². The van der Waals surface area contributed by atoms with Gasteiger partial charge in [0.25, 0.3) is 5.56 Å². The molecule has 43 heavy (non-hydrogen) atoms. The van der Waals surface area contributed by atoms with Crippen molar-refractivity contribution in [2.45, 2.75) is 31.6 Å². The number of alkyl halides is 3. The summed E-state index contributed by atoms with van der Waals surface area (Å²) >= 11 is 0. The molecule has 2 N–H and O–H groups in total. The molecule has 1 aromatic heterocycles. The molecule has 0 aliphatic carbocycles. The van der Waals surface area contributed by atoms with E-state index in [0.717, 1.165) is 23.8 Å². The number of fused-ring (bicyclic) bond motifs is 1. The van der Waals surface area contributed by atoms with E-state index < -0.39 is 53.0 Å². The van der Waals surface area contributed by atoms with E-state index in [1.165, 1.54) is 36.8 Å². The van der Waals surface area contributed by atoms with Gasteiger partial charge >= 0.3 is 6.18 Å². The topological polar surface area (TPSA) is 79.1 Å². The molecule has 1 aliphatic rings. The van der Waals surface area contributed by atoms with E-state index >= 15 is 8.78 Å². The lowest BCUT2D eigenvalue weighted by atomic mass is 9.91. The van der Waals surface area contributed by atoms with E-state index in [4.69, 9.17) is 4.74 Å². The predicted molar refractivity (Wildman–Crippen MR) is 152 cm³/mol. The molecule has 222 valence electrons. The molecule has 6 nitrogen and oxygen atoms in total. The summed E-state index contributed by atoms with van der Waals surface area (Å²) in [6.45, 7) is 1.62. The van der Waals surface area contributed by atoms with Crippen molar-refractivity contribution in [1.82, 2.24) is 9.88 Å². The number of hydrogen-bond donors (Lipinski definition) is 2. The Morgan fingerprint density at radius 3 is 2.47 bits per heavy atom. The third kappa shape index (κ3) is 5.46. The van der Waals surface area contributed by atoms with Gasteiger partial charge in [0.15, 0.2) is 11.6 Å². The highest BCUT2D eigenvalue weighted by atomic mass is 19.4. The molecule has 1 aliphatic heterocycles. The van der Waals surface area contributed by atoms with Crippen LogP contribution < -0.4 is 20.9 Å². The van der Waals surface area contributed by atoms with Crippen LogP contribution in [0.25, 0.3) is 11.1 Å². The number of rotatable bonds is 8. The van der Waals surface area contributed by atoms with Crippen molar-refractivity contribution < 1.29 is 26.7 Å². The normalized spacial score (nSPS) is 15.0. The van der Waals surface area contributed by atoms with Gasteiger partial charge < -0.3 is 10.1 Å². The van der Waals surface area contributed by atoms with Crippen LogP contribution in [0, 0.1) is 29.9 Å². The fourth-order valence-electron chi connectivity index (χ4n) is 5.79. The number of nitrogens with one attached hydrogen (secondary N) is 2. The Bertz CT molecular complexity index is 1760. The quantitative estimate of drug-likeness (QED) is 0.179. The molecule has 2 unspecified atom stereocenters. The van der Waals surface area contributed by atoms with Crippen molar-refractivity contribution in [3.8, 4) is 22.9 Å². The molecule has 0 spiro atoms. The molecule has 0 saturated carbocycles. The highest BCUT2D eigenvalue weighted by Crippen LogP contribution is 2.41. The summed E-state index contributed by atoms with van der Waals surface area (Å²) in [5.74, 6) is -1.79. The highest BCUT2D eigenvalue weighted by Gasteiger charge is 2.38. The first kappa shape index (κ1) is 29.8. The van der Waals surface area contributed by atoms with Gasteiger partial charge in [0, 0.05) is 29.7 Å². The summed E-state index contributed by atoms with van der Waals surface area (Å²) in [6.07, 6.45) is -5.36. The number of pyridine rings is 1. The third-order valence-corrected chi connectivity index (χ3v) is 7.77. The molecule has 4 aromatic rings. The summed E-state index contributed by atoms with van der Waals surface area (Å²) in [7, 11) is 1.28. The van der Waals surface area contributed by atoms with E-state index in [0.29, 0.717) is 0 Å². The smallest absolute Gasteiger partial charge is 0.416 e. The van der Waals surface area contributed by atoms with Crippen LogP contribution >= 0.6 is 0 Å². The number of aromatic nitrogens is 1. The molecule has 2 heterocycles. The second-order valence-corrected chi connectivity index (χ2v) is 10.1. The van der Waals surface area contributed by atoms with Gasteiger partial charge in [0.1, 0.15) is 11.6 Å². The summed E-state index contributed by atoms with van der Waals surface area (Å²) in [4.78, 5) is 14.3. The number of nitrogens with zero attached hydrogens (tertiary/aromatic N) is 2. The van der Waals surface area contributed by atoms with Crippen LogP contribution in [0.1, 0.15) is 39.9 Å². The number of benzene rings is 3. The zero-order valence-corrected chi connectivity index (χ0v) is 23.2. The summed E-state index contributed by atoms with van der Waals surface area (Å²) < 4.78 is 79.2. The maximum Gasteiger partial charge on any atom is 0.416 e. The second kappa shape index (κ2) is 11.9. The molecular weight excluding hydrogens is 567 g/mol. The van der Waals surface area contributed by atoms with Crippen molar-refractivity contribution in [3.63, 3.8) is 0 Å². The van der Waals surface area contributed by atoms with Crippen LogP contribution in [-0.2, 0) is 12.6 Å². The maximum absolute atomic E-state index is 15.7. The largest absolute Gasteiger partial charge is 0.494 e. The van der Waals surface area contributed by atoms with Crippen molar-refractivity contribution >= 4 is 5.82 Å². The fourth-order valence-corrected chi connectivity index (χ4v) is 5.79. The molecular formula is C32H27F5N4O2. The van der Waals surface area contributed by atoms with Gasteiger partial charge in [-0.2, -0.15) is 18.4 Å². The van der Waals surface area contributed by atoms with E-state index in [1.54, 1.807) is 12.1 Å². The zero-order valence-electron chi connectivity index (χ0n) is 23.2. The van der Waals surface area contributed by atoms with Crippen molar-refractivity contribution in [2.24, 2.45) is 0 Å². The van der Waals surface area contributed by atoms with Crippen LogP contribution in [-0.4, -0.2) is 24.8 Å². The first-order chi connectivity index (χ1) is 20.6.